The first-order valence-corrected chi connectivity index (χ1v) is 7.38. The van der Waals surface area contributed by atoms with Gasteiger partial charge in [0, 0.05) is 31.1 Å². The predicted molar refractivity (Wildman–Crippen MR) is 78.9 cm³/mol. The highest BCUT2D eigenvalue weighted by molar-refractivity contribution is 7.09. The van der Waals surface area contributed by atoms with Crippen LogP contribution in [0, 0.1) is 0 Å². The van der Waals surface area contributed by atoms with Crippen LogP contribution < -0.4 is 4.74 Å². The third-order valence-electron chi connectivity index (χ3n) is 2.75. The van der Waals surface area contributed by atoms with Crippen molar-refractivity contribution in [3.8, 4) is 17.0 Å². The summed E-state index contributed by atoms with van der Waals surface area (Å²) < 4.78 is 10.5. The average molecular weight is 277 g/mol. The fraction of sp³-hybridized carbons (Fsp3) is 0.400. The Balaban J connectivity index is 2.01. The first-order chi connectivity index (χ1) is 9.33. The van der Waals surface area contributed by atoms with Gasteiger partial charge in [0.25, 0.3) is 0 Å². The van der Waals surface area contributed by atoms with Crippen molar-refractivity contribution in [3.05, 3.63) is 34.7 Å². The number of rotatable bonds is 7. The minimum Gasteiger partial charge on any atom is -0.494 e. The molecule has 0 aliphatic rings. The summed E-state index contributed by atoms with van der Waals surface area (Å²) in [7, 11) is 1.73. The maximum absolute atomic E-state index is 5.44. The molecule has 0 atom stereocenters. The molecule has 2 rings (SSSR count). The van der Waals surface area contributed by atoms with Gasteiger partial charge in [0.15, 0.2) is 0 Å². The third kappa shape index (κ3) is 4.04. The average Bonchev–Trinajstić information content (AvgIpc) is 2.89. The summed E-state index contributed by atoms with van der Waals surface area (Å²) in [5.74, 6) is 0.904. The Morgan fingerprint density at radius 3 is 2.68 bits per heavy atom. The fourth-order valence-electron chi connectivity index (χ4n) is 1.81. The maximum Gasteiger partial charge on any atom is 0.119 e. The molecule has 0 bridgehead atoms. The van der Waals surface area contributed by atoms with E-state index >= 15 is 0 Å². The van der Waals surface area contributed by atoms with Crippen molar-refractivity contribution in [2.75, 3.05) is 20.3 Å². The lowest BCUT2D eigenvalue weighted by atomic mass is 10.2. The van der Waals surface area contributed by atoms with Crippen LogP contribution in [0.2, 0.25) is 0 Å². The Morgan fingerprint density at radius 2 is 2.00 bits per heavy atom. The summed E-state index contributed by atoms with van der Waals surface area (Å²) in [5.41, 5.74) is 2.18. The van der Waals surface area contributed by atoms with Gasteiger partial charge in [-0.25, -0.2) is 4.98 Å². The Bertz CT molecular complexity index is 493. The molecule has 4 heteroatoms. The van der Waals surface area contributed by atoms with Crippen molar-refractivity contribution < 1.29 is 9.47 Å². The number of thiazole rings is 1. The normalized spacial score (nSPS) is 10.6. The molecule has 0 unspecified atom stereocenters. The molecule has 0 amide bonds. The first kappa shape index (κ1) is 14.0. The number of aromatic nitrogens is 1. The number of ether oxygens (including phenoxy) is 2. The lowest BCUT2D eigenvalue weighted by molar-refractivity contribution is 0.195. The zero-order valence-electron chi connectivity index (χ0n) is 11.4. The summed E-state index contributed by atoms with van der Waals surface area (Å²) in [4.78, 5) is 4.65. The van der Waals surface area contributed by atoms with Gasteiger partial charge < -0.3 is 9.47 Å². The van der Waals surface area contributed by atoms with E-state index in [1.165, 1.54) is 5.01 Å². The highest BCUT2D eigenvalue weighted by Crippen LogP contribution is 2.24. The van der Waals surface area contributed by atoms with E-state index in [1.54, 1.807) is 18.4 Å². The topological polar surface area (TPSA) is 31.4 Å². The van der Waals surface area contributed by atoms with Gasteiger partial charge in [-0.05, 0) is 37.6 Å². The summed E-state index contributed by atoms with van der Waals surface area (Å²) >= 11 is 1.71. The summed E-state index contributed by atoms with van der Waals surface area (Å²) in [6.07, 6.45) is 2.00. The molecule has 2 aromatic rings. The Labute approximate surface area is 118 Å². The molecule has 0 aliphatic carbocycles. The predicted octanol–water partition coefficient (Wildman–Crippen LogP) is 3.79. The Hall–Kier alpha value is -1.39. The highest BCUT2D eigenvalue weighted by atomic mass is 32.1. The van der Waals surface area contributed by atoms with E-state index in [0.29, 0.717) is 6.61 Å². The first-order valence-electron chi connectivity index (χ1n) is 6.50. The molecule has 1 heterocycles. The molecule has 0 saturated heterocycles. The minimum atomic E-state index is 0.694. The van der Waals surface area contributed by atoms with Crippen LogP contribution in [0.15, 0.2) is 29.6 Å². The molecule has 0 N–H and O–H groups in total. The van der Waals surface area contributed by atoms with Gasteiger partial charge in [-0.3, -0.25) is 0 Å². The number of benzene rings is 1. The van der Waals surface area contributed by atoms with Crippen LogP contribution in [0.1, 0.15) is 18.4 Å². The van der Waals surface area contributed by atoms with E-state index in [2.05, 4.69) is 22.5 Å². The largest absolute Gasteiger partial charge is 0.494 e. The van der Waals surface area contributed by atoms with E-state index in [9.17, 15) is 0 Å². The van der Waals surface area contributed by atoms with Gasteiger partial charge >= 0.3 is 0 Å². The van der Waals surface area contributed by atoms with Gasteiger partial charge in [0.05, 0.1) is 17.3 Å². The van der Waals surface area contributed by atoms with Crippen molar-refractivity contribution >= 4 is 11.3 Å². The van der Waals surface area contributed by atoms with Gasteiger partial charge in [-0.1, -0.05) is 0 Å². The van der Waals surface area contributed by atoms with Crippen LogP contribution in [0.4, 0.5) is 0 Å². The van der Waals surface area contributed by atoms with Crippen LogP contribution in [-0.4, -0.2) is 25.3 Å². The molecule has 0 aliphatic heterocycles. The third-order valence-corrected chi connectivity index (χ3v) is 3.66. The fourth-order valence-corrected chi connectivity index (χ4v) is 2.66. The van der Waals surface area contributed by atoms with Gasteiger partial charge in [0.1, 0.15) is 5.75 Å². The molecule has 0 saturated carbocycles. The van der Waals surface area contributed by atoms with Crippen molar-refractivity contribution in [1.29, 1.82) is 0 Å². The second kappa shape index (κ2) is 7.26. The number of aryl methyl sites for hydroxylation is 1. The quantitative estimate of drug-likeness (QED) is 0.722. The lowest BCUT2D eigenvalue weighted by Gasteiger charge is -2.03. The number of hydrogen-bond acceptors (Lipinski definition) is 4. The van der Waals surface area contributed by atoms with Crippen LogP contribution >= 0.6 is 11.3 Å². The van der Waals surface area contributed by atoms with Gasteiger partial charge in [-0.15, -0.1) is 11.3 Å². The second-order valence-electron chi connectivity index (χ2n) is 4.18. The van der Waals surface area contributed by atoms with Crippen molar-refractivity contribution in [1.82, 2.24) is 4.98 Å². The molecule has 0 radical (unpaired) electrons. The molecule has 19 heavy (non-hydrogen) atoms. The van der Waals surface area contributed by atoms with Crippen LogP contribution in [0.25, 0.3) is 11.3 Å². The highest BCUT2D eigenvalue weighted by Gasteiger charge is 2.04. The van der Waals surface area contributed by atoms with Crippen LogP contribution in [0.5, 0.6) is 5.75 Å². The van der Waals surface area contributed by atoms with Gasteiger partial charge in [0.2, 0.25) is 0 Å². The summed E-state index contributed by atoms with van der Waals surface area (Å²) in [6.45, 7) is 3.47. The molecular weight excluding hydrogens is 258 g/mol. The molecule has 1 aromatic carbocycles. The molecule has 0 spiro atoms. The molecular formula is C15H19NO2S. The van der Waals surface area contributed by atoms with Crippen molar-refractivity contribution in [2.45, 2.75) is 19.8 Å². The molecule has 1 aromatic heterocycles. The van der Waals surface area contributed by atoms with Crippen molar-refractivity contribution in [2.24, 2.45) is 0 Å². The number of nitrogens with zero attached hydrogens (tertiary/aromatic N) is 1. The standard InChI is InChI=1S/C15H19NO2S/c1-3-18-13-8-6-12(7-9-13)14-11-19-15(16-14)5-4-10-17-2/h6-9,11H,3-5,10H2,1-2H3. The van der Waals surface area contributed by atoms with E-state index in [1.807, 2.05) is 19.1 Å². The van der Waals surface area contributed by atoms with E-state index < -0.39 is 0 Å². The number of methoxy groups -OCH3 is 1. The monoisotopic (exact) mass is 277 g/mol. The van der Waals surface area contributed by atoms with E-state index in [0.717, 1.165) is 36.5 Å². The Kier molecular flexibility index (Phi) is 5.36. The smallest absolute Gasteiger partial charge is 0.119 e. The number of hydrogen-bond donors (Lipinski definition) is 0. The molecule has 102 valence electrons. The van der Waals surface area contributed by atoms with Crippen LogP contribution in [0.3, 0.4) is 0 Å². The zero-order chi connectivity index (χ0) is 13.5. The van der Waals surface area contributed by atoms with Crippen molar-refractivity contribution in [3.63, 3.8) is 0 Å². The van der Waals surface area contributed by atoms with Gasteiger partial charge in [-0.2, -0.15) is 0 Å². The summed E-state index contributed by atoms with van der Waals surface area (Å²) in [6, 6.07) is 8.09. The Morgan fingerprint density at radius 1 is 1.21 bits per heavy atom. The maximum atomic E-state index is 5.44. The lowest BCUT2D eigenvalue weighted by Crippen LogP contribution is -1.92. The van der Waals surface area contributed by atoms with Crippen LogP contribution in [-0.2, 0) is 11.2 Å². The minimum absolute atomic E-state index is 0.694. The SMILES string of the molecule is CCOc1ccc(-c2csc(CCCOC)n2)cc1. The molecule has 0 fully saturated rings. The zero-order valence-corrected chi connectivity index (χ0v) is 12.2. The molecule has 3 nitrogen and oxygen atoms in total. The van der Waals surface area contributed by atoms with E-state index in [4.69, 9.17) is 9.47 Å². The summed E-state index contributed by atoms with van der Waals surface area (Å²) in [5, 5.41) is 3.28. The second-order valence-corrected chi connectivity index (χ2v) is 5.12. The van der Waals surface area contributed by atoms with E-state index in [-0.39, 0.29) is 0 Å².